The zero-order valence-corrected chi connectivity index (χ0v) is 11.5. The Morgan fingerprint density at radius 3 is 2.63 bits per heavy atom. The lowest BCUT2D eigenvalue weighted by Gasteiger charge is -2.25. The molecule has 0 aliphatic rings. The molecule has 102 valence electrons. The van der Waals surface area contributed by atoms with Crippen molar-refractivity contribution < 1.29 is 14.6 Å². The van der Waals surface area contributed by atoms with E-state index in [1.807, 2.05) is 18.2 Å². The highest BCUT2D eigenvalue weighted by atomic mass is 16.5. The van der Waals surface area contributed by atoms with Crippen molar-refractivity contribution in [3.8, 4) is 11.5 Å². The monoisotopic (exact) mass is 262 g/mol. The number of nitrogens with zero attached hydrogens (tertiary/aromatic N) is 2. The molecule has 0 bridgehead atoms. The third-order valence-electron chi connectivity index (χ3n) is 3.22. The summed E-state index contributed by atoms with van der Waals surface area (Å²) in [5.74, 6) is 1.24. The largest absolute Gasteiger partial charge is 0.497 e. The maximum absolute atomic E-state index is 10.9. The Balaban J connectivity index is 2.54. The first-order valence-corrected chi connectivity index (χ1v) is 5.94. The molecule has 1 atom stereocenters. The van der Waals surface area contributed by atoms with Crippen molar-refractivity contribution in [2.45, 2.75) is 12.5 Å². The van der Waals surface area contributed by atoms with Gasteiger partial charge in [-0.15, -0.1) is 0 Å². The van der Waals surface area contributed by atoms with E-state index in [1.165, 1.54) is 0 Å². The van der Waals surface area contributed by atoms with Gasteiger partial charge in [-0.25, -0.2) is 0 Å². The van der Waals surface area contributed by atoms with Crippen molar-refractivity contribution in [3.05, 3.63) is 41.7 Å². The minimum Gasteiger partial charge on any atom is -0.497 e. The first-order chi connectivity index (χ1) is 9.00. The molecule has 0 saturated heterocycles. The summed E-state index contributed by atoms with van der Waals surface area (Å²) in [7, 11) is 4.92. The molecule has 1 N–H and O–H groups in total. The number of rotatable bonds is 4. The fourth-order valence-corrected chi connectivity index (χ4v) is 2.18. The molecular weight excluding hydrogens is 244 g/mol. The van der Waals surface area contributed by atoms with Crippen molar-refractivity contribution in [1.82, 2.24) is 9.78 Å². The van der Waals surface area contributed by atoms with Gasteiger partial charge in [0.1, 0.15) is 17.0 Å². The first kappa shape index (κ1) is 13.4. The van der Waals surface area contributed by atoms with Crippen LogP contribution in [0.25, 0.3) is 0 Å². The molecule has 0 fully saturated rings. The van der Waals surface area contributed by atoms with E-state index in [4.69, 9.17) is 9.47 Å². The molecule has 1 aromatic carbocycles. The average Bonchev–Trinajstić information content (AvgIpc) is 2.80. The molecule has 0 radical (unpaired) electrons. The van der Waals surface area contributed by atoms with Crippen LogP contribution in [0.1, 0.15) is 18.2 Å². The predicted octanol–water partition coefficient (Wildman–Crippen LogP) is 1.69. The molecule has 1 aromatic heterocycles. The molecule has 1 heterocycles. The summed E-state index contributed by atoms with van der Waals surface area (Å²) in [4.78, 5) is 0. The maximum atomic E-state index is 10.9. The maximum Gasteiger partial charge on any atom is 0.163 e. The molecule has 0 spiro atoms. The van der Waals surface area contributed by atoms with Gasteiger partial charge in [-0.3, -0.25) is 4.68 Å². The van der Waals surface area contributed by atoms with E-state index < -0.39 is 5.60 Å². The Bertz CT molecular complexity index is 576. The van der Waals surface area contributed by atoms with Crippen LogP contribution < -0.4 is 9.47 Å². The minimum atomic E-state index is -1.22. The van der Waals surface area contributed by atoms with E-state index in [0.29, 0.717) is 22.8 Å². The number of aromatic nitrogens is 2. The second-order valence-corrected chi connectivity index (χ2v) is 4.49. The van der Waals surface area contributed by atoms with E-state index in [1.54, 1.807) is 45.1 Å². The van der Waals surface area contributed by atoms with Crippen molar-refractivity contribution in [3.63, 3.8) is 0 Å². The molecule has 5 heteroatoms. The molecule has 2 aromatic rings. The van der Waals surface area contributed by atoms with Gasteiger partial charge in [0.25, 0.3) is 0 Å². The number of methoxy groups -OCH3 is 2. The normalized spacial score (nSPS) is 13.9. The van der Waals surface area contributed by atoms with Crippen LogP contribution in [-0.2, 0) is 12.6 Å². The van der Waals surface area contributed by atoms with Crippen LogP contribution in [0.2, 0.25) is 0 Å². The van der Waals surface area contributed by atoms with Gasteiger partial charge in [0.15, 0.2) is 5.75 Å². The van der Waals surface area contributed by atoms with Crippen molar-refractivity contribution in [2.75, 3.05) is 14.2 Å². The summed E-state index contributed by atoms with van der Waals surface area (Å²) in [5.41, 5.74) is 0.0995. The Morgan fingerprint density at radius 2 is 2.00 bits per heavy atom. The van der Waals surface area contributed by atoms with Crippen LogP contribution in [0.15, 0.2) is 30.5 Å². The highest BCUT2D eigenvalue weighted by Gasteiger charge is 2.33. The third-order valence-corrected chi connectivity index (χ3v) is 3.22. The summed E-state index contributed by atoms with van der Waals surface area (Å²) >= 11 is 0. The number of aliphatic hydroxyl groups is 1. The number of aryl methyl sites for hydroxylation is 1. The fourth-order valence-electron chi connectivity index (χ4n) is 2.18. The second-order valence-electron chi connectivity index (χ2n) is 4.49. The minimum absolute atomic E-state index is 0.551. The van der Waals surface area contributed by atoms with Crippen molar-refractivity contribution in [2.24, 2.45) is 7.05 Å². The van der Waals surface area contributed by atoms with Gasteiger partial charge < -0.3 is 14.6 Å². The number of hydrogen-bond acceptors (Lipinski definition) is 4. The quantitative estimate of drug-likeness (QED) is 0.911. The van der Waals surface area contributed by atoms with Gasteiger partial charge in [-0.1, -0.05) is 12.1 Å². The van der Waals surface area contributed by atoms with E-state index in [2.05, 4.69) is 5.10 Å². The highest BCUT2D eigenvalue weighted by Crippen LogP contribution is 2.35. The summed E-state index contributed by atoms with van der Waals surface area (Å²) < 4.78 is 12.1. The summed E-state index contributed by atoms with van der Waals surface area (Å²) in [6.45, 7) is 1.71. The standard InChI is InChI=1S/C14H18N2O3/c1-14(17,10-6-5-7-11(8-10)18-3)13-12(19-4)9-15-16(13)2/h5-9,17H,1-4H3. The van der Waals surface area contributed by atoms with E-state index in [9.17, 15) is 5.11 Å². The Hall–Kier alpha value is -2.01. The number of ether oxygens (including phenoxy) is 2. The average molecular weight is 262 g/mol. The Morgan fingerprint density at radius 1 is 1.26 bits per heavy atom. The molecule has 19 heavy (non-hydrogen) atoms. The van der Waals surface area contributed by atoms with Gasteiger partial charge in [0.05, 0.1) is 20.4 Å². The lowest BCUT2D eigenvalue weighted by atomic mass is 9.92. The van der Waals surface area contributed by atoms with Gasteiger partial charge >= 0.3 is 0 Å². The molecular formula is C14H18N2O3. The van der Waals surface area contributed by atoms with E-state index in [-0.39, 0.29) is 0 Å². The molecule has 2 rings (SSSR count). The Kier molecular flexibility index (Phi) is 3.48. The van der Waals surface area contributed by atoms with Gasteiger partial charge in [-0.2, -0.15) is 5.10 Å². The van der Waals surface area contributed by atoms with Gasteiger partial charge in [0, 0.05) is 7.05 Å². The molecule has 0 aliphatic heterocycles. The second kappa shape index (κ2) is 4.93. The van der Waals surface area contributed by atoms with Crippen LogP contribution in [0, 0.1) is 0 Å². The van der Waals surface area contributed by atoms with Crippen LogP contribution in [-0.4, -0.2) is 29.1 Å². The van der Waals surface area contributed by atoms with E-state index >= 15 is 0 Å². The lowest BCUT2D eigenvalue weighted by molar-refractivity contribution is 0.0894. The molecule has 5 nitrogen and oxygen atoms in total. The summed E-state index contributed by atoms with van der Waals surface area (Å²) in [6.07, 6.45) is 1.59. The third kappa shape index (κ3) is 2.29. The summed E-state index contributed by atoms with van der Waals surface area (Å²) in [5, 5.41) is 15.0. The number of benzene rings is 1. The van der Waals surface area contributed by atoms with E-state index in [0.717, 1.165) is 0 Å². The van der Waals surface area contributed by atoms with Crippen molar-refractivity contribution in [1.29, 1.82) is 0 Å². The van der Waals surface area contributed by atoms with Crippen LogP contribution in [0.5, 0.6) is 11.5 Å². The predicted molar refractivity (Wildman–Crippen MR) is 71.4 cm³/mol. The molecule has 0 saturated carbocycles. The lowest BCUT2D eigenvalue weighted by Crippen LogP contribution is -2.26. The van der Waals surface area contributed by atoms with Gasteiger partial charge in [0.2, 0.25) is 0 Å². The highest BCUT2D eigenvalue weighted by molar-refractivity contribution is 5.41. The first-order valence-electron chi connectivity index (χ1n) is 5.94. The fraction of sp³-hybridized carbons (Fsp3) is 0.357. The zero-order chi connectivity index (χ0) is 14.0. The topological polar surface area (TPSA) is 56.5 Å². The molecule has 1 unspecified atom stereocenters. The Labute approximate surface area is 112 Å². The van der Waals surface area contributed by atoms with Crippen LogP contribution in [0.3, 0.4) is 0 Å². The van der Waals surface area contributed by atoms with Crippen LogP contribution >= 0.6 is 0 Å². The SMILES string of the molecule is COc1cccc(C(C)(O)c2c(OC)cnn2C)c1. The smallest absolute Gasteiger partial charge is 0.163 e. The summed E-state index contributed by atoms with van der Waals surface area (Å²) in [6, 6.07) is 7.31. The van der Waals surface area contributed by atoms with Crippen molar-refractivity contribution >= 4 is 0 Å². The van der Waals surface area contributed by atoms with Gasteiger partial charge in [-0.05, 0) is 24.6 Å². The molecule has 0 amide bonds. The zero-order valence-electron chi connectivity index (χ0n) is 11.5. The number of hydrogen-bond donors (Lipinski definition) is 1. The molecule has 0 aliphatic carbocycles. The van der Waals surface area contributed by atoms with Crippen LogP contribution in [0.4, 0.5) is 0 Å².